The molecule has 1 saturated heterocycles. The molecule has 2 rings (SSSR count). The van der Waals surface area contributed by atoms with Crippen LogP contribution in [-0.4, -0.2) is 31.2 Å². The highest BCUT2D eigenvalue weighted by Crippen LogP contribution is 2.17. The number of carbonyl (C=O) groups is 2. The molecule has 0 spiro atoms. The molecule has 1 aromatic rings. The maximum atomic E-state index is 11.7. The SMILES string of the molecule is C#C[C@H](C)OC(=O)c1ccc(N2CCNC2=O)cc1. The summed E-state index contributed by atoms with van der Waals surface area (Å²) >= 11 is 0. The van der Waals surface area contributed by atoms with Gasteiger partial charge in [-0.25, -0.2) is 9.59 Å². The summed E-state index contributed by atoms with van der Waals surface area (Å²) in [5.74, 6) is 1.85. The number of urea groups is 1. The van der Waals surface area contributed by atoms with Gasteiger partial charge in [0.2, 0.25) is 0 Å². The lowest BCUT2D eigenvalue weighted by molar-refractivity contribution is 0.0439. The number of rotatable bonds is 3. The Morgan fingerprint density at radius 3 is 2.68 bits per heavy atom. The van der Waals surface area contributed by atoms with Crippen LogP contribution in [0.3, 0.4) is 0 Å². The second kappa shape index (κ2) is 5.44. The fourth-order valence-electron chi connectivity index (χ4n) is 1.76. The Morgan fingerprint density at radius 2 is 2.16 bits per heavy atom. The summed E-state index contributed by atoms with van der Waals surface area (Å²) in [6.45, 7) is 2.87. The molecule has 98 valence electrons. The van der Waals surface area contributed by atoms with Crippen LogP contribution in [0.2, 0.25) is 0 Å². The van der Waals surface area contributed by atoms with E-state index in [1.54, 1.807) is 36.1 Å². The van der Waals surface area contributed by atoms with E-state index in [0.29, 0.717) is 18.7 Å². The number of carbonyl (C=O) groups excluding carboxylic acids is 2. The van der Waals surface area contributed by atoms with Crippen LogP contribution in [0.1, 0.15) is 17.3 Å². The van der Waals surface area contributed by atoms with Gasteiger partial charge in [-0.2, -0.15) is 0 Å². The fourth-order valence-corrected chi connectivity index (χ4v) is 1.76. The Balaban J connectivity index is 2.08. The summed E-state index contributed by atoms with van der Waals surface area (Å²) in [4.78, 5) is 24.8. The van der Waals surface area contributed by atoms with E-state index >= 15 is 0 Å². The first kappa shape index (κ1) is 13.0. The molecule has 1 aromatic carbocycles. The Labute approximate surface area is 111 Å². The van der Waals surface area contributed by atoms with Gasteiger partial charge in [0, 0.05) is 18.8 Å². The summed E-state index contributed by atoms with van der Waals surface area (Å²) in [7, 11) is 0. The minimum atomic E-state index is -0.559. The molecule has 1 heterocycles. The third-order valence-electron chi connectivity index (χ3n) is 2.79. The van der Waals surface area contributed by atoms with Gasteiger partial charge in [0.25, 0.3) is 0 Å². The number of benzene rings is 1. The van der Waals surface area contributed by atoms with E-state index < -0.39 is 12.1 Å². The van der Waals surface area contributed by atoms with E-state index in [4.69, 9.17) is 11.2 Å². The Kier molecular flexibility index (Phi) is 3.71. The monoisotopic (exact) mass is 258 g/mol. The van der Waals surface area contributed by atoms with Crippen molar-refractivity contribution in [2.75, 3.05) is 18.0 Å². The molecule has 1 aliphatic rings. The van der Waals surface area contributed by atoms with Gasteiger partial charge in [-0.3, -0.25) is 4.90 Å². The molecule has 1 aliphatic heterocycles. The van der Waals surface area contributed by atoms with Crippen LogP contribution in [0, 0.1) is 12.3 Å². The van der Waals surface area contributed by atoms with Gasteiger partial charge in [0.05, 0.1) is 5.56 Å². The van der Waals surface area contributed by atoms with Crippen molar-refractivity contribution in [3.63, 3.8) is 0 Å². The number of anilines is 1. The molecule has 0 aromatic heterocycles. The zero-order valence-corrected chi connectivity index (χ0v) is 10.6. The maximum Gasteiger partial charge on any atom is 0.339 e. The molecule has 0 radical (unpaired) electrons. The van der Waals surface area contributed by atoms with E-state index in [0.717, 1.165) is 5.69 Å². The lowest BCUT2D eigenvalue weighted by Gasteiger charge is -2.14. The number of ether oxygens (including phenoxy) is 1. The zero-order chi connectivity index (χ0) is 13.8. The van der Waals surface area contributed by atoms with Crippen LogP contribution >= 0.6 is 0 Å². The number of nitrogens with zero attached hydrogens (tertiary/aromatic N) is 1. The largest absolute Gasteiger partial charge is 0.446 e. The molecule has 5 nitrogen and oxygen atoms in total. The summed E-state index contributed by atoms with van der Waals surface area (Å²) in [6, 6.07) is 6.53. The van der Waals surface area contributed by atoms with Gasteiger partial charge in [-0.15, -0.1) is 6.42 Å². The smallest absolute Gasteiger partial charge is 0.339 e. The number of amides is 2. The van der Waals surface area contributed by atoms with E-state index in [1.807, 2.05) is 0 Å². The first-order valence-corrected chi connectivity index (χ1v) is 5.94. The van der Waals surface area contributed by atoms with Gasteiger partial charge in [0.15, 0.2) is 6.10 Å². The summed E-state index contributed by atoms with van der Waals surface area (Å²) in [5, 5.41) is 2.71. The highest BCUT2D eigenvalue weighted by molar-refractivity contribution is 5.95. The first-order chi connectivity index (χ1) is 9.11. The van der Waals surface area contributed by atoms with Crippen LogP contribution in [0.5, 0.6) is 0 Å². The Morgan fingerprint density at radius 1 is 1.47 bits per heavy atom. The summed E-state index contributed by atoms with van der Waals surface area (Å²) < 4.78 is 5.00. The van der Waals surface area contributed by atoms with Gasteiger partial charge < -0.3 is 10.1 Å². The second-order valence-corrected chi connectivity index (χ2v) is 4.14. The van der Waals surface area contributed by atoms with Crippen molar-refractivity contribution in [2.45, 2.75) is 13.0 Å². The van der Waals surface area contributed by atoms with Crippen LogP contribution in [-0.2, 0) is 4.74 Å². The molecule has 1 atom stereocenters. The Bertz CT molecular complexity index is 531. The zero-order valence-electron chi connectivity index (χ0n) is 10.6. The molecule has 19 heavy (non-hydrogen) atoms. The predicted molar refractivity (Wildman–Crippen MR) is 70.9 cm³/mol. The average molecular weight is 258 g/mol. The van der Waals surface area contributed by atoms with Crippen LogP contribution < -0.4 is 10.2 Å². The third-order valence-corrected chi connectivity index (χ3v) is 2.79. The number of terminal acetylenes is 1. The molecule has 0 aliphatic carbocycles. The predicted octanol–water partition coefficient (Wildman–Crippen LogP) is 1.39. The van der Waals surface area contributed by atoms with Gasteiger partial charge >= 0.3 is 12.0 Å². The lowest BCUT2D eigenvalue weighted by Crippen LogP contribution is -2.27. The standard InChI is InChI=1S/C14H14N2O3/c1-3-10(2)19-13(17)11-4-6-12(7-5-11)16-9-8-15-14(16)18/h1,4-7,10H,8-9H2,2H3,(H,15,18)/t10-/m0/s1. The molecule has 0 unspecified atom stereocenters. The normalized spacial score (nSPS) is 15.6. The number of hydrogen-bond donors (Lipinski definition) is 1. The molecule has 0 saturated carbocycles. The third kappa shape index (κ3) is 2.86. The van der Waals surface area contributed by atoms with Crippen LogP contribution in [0.4, 0.5) is 10.5 Å². The average Bonchev–Trinajstić information content (AvgIpc) is 2.85. The van der Waals surface area contributed by atoms with Gasteiger partial charge in [0.1, 0.15) is 0 Å². The summed E-state index contributed by atoms with van der Waals surface area (Å²) in [5.41, 5.74) is 1.15. The van der Waals surface area contributed by atoms with E-state index in [-0.39, 0.29) is 6.03 Å². The first-order valence-electron chi connectivity index (χ1n) is 5.94. The van der Waals surface area contributed by atoms with Crippen molar-refractivity contribution in [1.82, 2.24) is 5.32 Å². The number of hydrogen-bond acceptors (Lipinski definition) is 3. The number of nitrogens with one attached hydrogen (secondary N) is 1. The molecular formula is C14H14N2O3. The van der Waals surface area contributed by atoms with E-state index in [2.05, 4.69) is 11.2 Å². The van der Waals surface area contributed by atoms with Gasteiger partial charge in [-0.05, 0) is 31.2 Å². The number of esters is 1. The quantitative estimate of drug-likeness (QED) is 0.658. The molecule has 0 bridgehead atoms. The van der Waals surface area contributed by atoms with Crippen molar-refractivity contribution < 1.29 is 14.3 Å². The molecule has 1 N–H and O–H groups in total. The fraction of sp³-hybridized carbons (Fsp3) is 0.286. The highest BCUT2D eigenvalue weighted by Gasteiger charge is 2.21. The molecule has 1 fully saturated rings. The minimum absolute atomic E-state index is 0.128. The maximum absolute atomic E-state index is 11.7. The van der Waals surface area contributed by atoms with Gasteiger partial charge in [-0.1, -0.05) is 5.92 Å². The van der Waals surface area contributed by atoms with Crippen LogP contribution in [0.25, 0.3) is 0 Å². The highest BCUT2D eigenvalue weighted by atomic mass is 16.5. The summed E-state index contributed by atoms with van der Waals surface area (Å²) in [6.07, 6.45) is 4.58. The van der Waals surface area contributed by atoms with Crippen molar-refractivity contribution in [3.8, 4) is 12.3 Å². The Hall–Kier alpha value is -2.48. The molecular weight excluding hydrogens is 244 g/mol. The van der Waals surface area contributed by atoms with Crippen LogP contribution in [0.15, 0.2) is 24.3 Å². The van der Waals surface area contributed by atoms with Crippen molar-refractivity contribution in [1.29, 1.82) is 0 Å². The van der Waals surface area contributed by atoms with Crippen molar-refractivity contribution in [3.05, 3.63) is 29.8 Å². The van der Waals surface area contributed by atoms with E-state index in [9.17, 15) is 9.59 Å². The van der Waals surface area contributed by atoms with E-state index in [1.165, 1.54) is 0 Å². The molecule has 5 heteroatoms. The minimum Gasteiger partial charge on any atom is -0.446 e. The lowest BCUT2D eigenvalue weighted by atomic mass is 10.2. The van der Waals surface area contributed by atoms with Crippen molar-refractivity contribution in [2.24, 2.45) is 0 Å². The van der Waals surface area contributed by atoms with Crippen molar-refractivity contribution >= 4 is 17.7 Å². The molecule has 2 amide bonds. The topological polar surface area (TPSA) is 58.6 Å². The second-order valence-electron chi connectivity index (χ2n) is 4.14.